The zero-order chi connectivity index (χ0) is 15.7. The van der Waals surface area contributed by atoms with Crippen molar-refractivity contribution in [1.82, 2.24) is 10.6 Å². The summed E-state index contributed by atoms with van der Waals surface area (Å²) in [5.41, 5.74) is 0.349. The summed E-state index contributed by atoms with van der Waals surface area (Å²) in [6.07, 6.45) is 0.634. The van der Waals surface area contributed by atoms with Gasteiger partial charge in [-0.25, -0.2) is 0 Å². The summed E-state index contributed by atoms with van der Waals surface area (Å²) in [6, 6.07) is 10.7. The van der Waals surface area contributed by atoms with Crippen molar-refractivity contribution in [2.24, 2.45) is 10.4 Å². The van der Waals surface area contributed by atoms with Gasteiger partial charge in [-0.2, -0.15) is 0 Å². The third-order valence-electron chi connectivity index (χ3n) is 4.28. The van der Waals surface area contributed by atoms with Gasteiger partial charge < -0.3 is 15.7 Å². The Bertz CT molecular complexity index is 665. The minimum atomic E-state index is -0.525. The molecule has 0 aliphatic heterocycles. The smallest absolute Gasteiger partial charge is 0.191 e. The quantitative estimate of drug-likeness (QED) is 0.384. The number of fused-ring (bicyclic) bond motifs is 1. The fourth-order valence-electron chi connectivity index (χ4n) is 2.53. The first-order chi connectivity index (χ1) is 10.5. The highest BCUT2D eigenvalue weighted by Gasteiger charge is 2.46. The first-order valence-electron chi connectivity index (χ1n) is 7.63. The van der Waals surface area contributed by atoms with E-state index in [2.05, 4.69) is 47.7 Å². The maximum Gasteiger partial charge on any atom is 0.191 e. The molecule has 0 spiro atoms. The van der Waals surface area contributed by atoms with Crippen LogP contribution in [-0.4, -0.2) is 30.7 Å². The average molecular weight is 445 g/mol. The monoisotopic (exact) mass is 445 g/mol. The number of rotatable bonds is 4. The first kappa shape index (κ1) is 18.5. The maximum absolute atomic E-state index is 10.4. The Morgan fingerprint density at radius 1 is 1.43 bits per heavy atom. The highest BCUT2D eigenvalue weighted by Crippen LogP contribution is 2.44. The average Bonchev–Trinajstić information content (AvgIpc) is 2.92. The minimum absolute atomic E-state index is 0. The van der Waals surface area contributed by atoms with E-state index < -0.39 is 6.10 Å². The fourth-order valence-corrected chi connectivity index (χ4v) is 3.58. The van der Waals surface area contributed by atoms with Crippen molar-refractivity contribution in [3.05, 3.63) is 35.2 Å². The lowest BCUT2D eigenvalue weighted by molar-refractivity contribution is 0.184. The Hall–Kier alpha value is -0.860. The van der Waals surface area contributed by atoms with Gasteiger partial charge in [0, 0.05) is 29.2 Å². The Morgan fingerprint density at radius 3 is 2.74 bits per heavy atom. The third kappa shape index (κ3) is 4.36. The number of hydrogen-bond acceptors (Lipinski definition) is 3. The van der Waals surface area contributed by atoms with Crippen LogP contribution in [-0.2, 0) is 0 Å². The number of guanidine groups is 1. The summed E-state index contributed by atoms with van der Waals surface area (Å²) in [5.74, 6) is 0.760. The molecule has 2 unspecified atom stereocenters. The van der Waals surface area contributed by atoms with Crippen LogP contribution in [0.2, 0.25) is 0 Å². The third-order valence-corrected chi connectivity index (χ3v) is 5.50. The summed E-state index contributed by atoms with van der Waals surface area (Å²) in [7, 11) is 1.76. The fraction of sp³-hybridized carbons (Fsp3) is 0.471. The molecule has 6 heteroatoms. The van der Waals surface area contributed by atoms with E-state index in [9.17, 15) is 5.11 Å². The summed E-state index contributed by atoms with van der Waals surface area (Å²) >= 11 is 1.64. The van der Waals surface area contributed by atoms with Gasteiger partial charge >= 0.3 is 0 Å². The molecule has 3 rings (SSSR count). The van der Waals surface area contributed by atoms with Gasteiger partial charge in [-0.3, -0.25) is 4.99 Å². The highest BCUT2D eigenvalue weighted by molar-refractivity contribution is 14.0. The van der Waals surface area contributed by atoms with Crippen LogP contribution in [0.4, 0.5) is 0 Å². The Kier molecular flexibility index (Phi) is 5.91. The lowest BCUT2D eigenvalue weighted by Gasteiger charge is -2.15. The molecular weight excluding hydrogens is 421 g/mol. The Morgan fingerprint density at radius 2 is 2.13 bits per heavy atom. The van der Waals surface area contributed by atoms with Gasteiger partial charge in [-0.1, -0.05) is 32.0 Å². The summed E-state index contributed by atoms with van der Waals surface area (Å²) in [6.45, 7) is 4.94. The molecule has 23 heavy (non-hydrogen) atoms. The molecule has 2 atom stereocenters. The topological polar surface area (TPSA) is 56.7 Å². The molecule has 0 bridgehead atoms. The number of aliphatic hydroxyl groups excluding tert-OH is 1. The van der Waals surface area contributed by atoms with Gasteiger partial charge in [0.15, 0.2) is 5.96 Å². The van der Waals surface area contributed by atoms with Gasteiger partial charge in [-0.05, 0) is 29.4 Å². The van der Waals surface area contributed by atoms with Crippen molar-refractivity contribution >= 4 is 51.4 Å². The molecule has 0 saturated heterocycles. The molecule has 1 saturated carbocycles. The van der Waals surface area contributed by atoms with Crippen molar-refractivity contribution in [2.45, 2.75) is 32.4 Å². The SMILES string of the molecule is CN=C(NCC(O)c1cc2ccccc2s1)NC1CC1(C)C.I. The van der Waals surface area contributed by atoms with Crippen molar-refractivity contribution in [3.63, 3.8) is 0 Å². The summed E-state index contributed by atoms with van der Waals surface area (Å²) in [4.78, 5) is 5.21. The van der Waals surface area contributed by atoms with Crippen LogP contribution in [0.5, 0.6) is 0 Å². The van der Waals surface area contributed by atoms with E-state index in [4.69, 9.17) is 0 Å². The zero-order valence-corrected chi connectivity index (χ0v) is 16.8. The molecule has 1 aromatic heterocycles. The van der Waals surface area contributed by atoms with Crippen LogP contribution in [0.3, 0.4) is 0 Å². The van der Waals surface area contributed by atoms with Crippen molar-refractivity contribution in [3.8, 4) is 0 Å². The number of nitrogens with one attached hydrogen (secondary N) is 2. The van der Waals surface area contributed by atoms with Crippen LogP contribution >= 0.6 is 35.3 Å². The standard InChI is InChI=1S/C17H23N3OS.HI/c1-17(2)9-15(17)20-16(18-3)19-10-12(21)14-8-11-6-4-5-7-13(11)22-14;/h4-8,12,15,21H,9-10H2,1-3H3,(H2,18,19,20);1H. The molecule has 0 radical (unpaired) electrons. The molecule has 1 heterocycles. The second kappa shape index (κ2) is 7.36. The second-order valence-corrected chi connectivity index (χ2v) is 7.66. The van der Waals surface area contributed by atoms with Crippen LogP contribution < -0.4 is 10.6 Å². The Balaban J connectivity index is 0.00000192. The van der Waals surface area contributed by atoms with Crippen LogP contribution in [0.1, 0.15) is 31.2 Å². The number of hydrogen-bond donors (Lipinski definition) is 3. The largest absolute Gasteiger partial charge is 0.386 e. The van der Waals surface area contributed by atoms with E-state index in [1.54, 1.807) is 18.4 Å². The number of halogens is 1. The van der Waals surface area contributed by atoms with Crippen molar-refractivity contribution in [2.75, 3.05) is 13.6 Å². The molecule has 2 aromatic rings. The van der Waals surface area contributed by atoms with Gasteiger partial charge in [0.2, 0.25) is 0 Å². The van der Waals surface area contributed by atoms with E-state index >= 15 is 0 Å². The lowest BCUT2D eigenvalue weighted by atomic mass is 10.2. The molecule has 4 nitrogen and oxygen atoms in total. The van der Waals surface area contributed by atoms with Crippen molar-refractivity contribution in [1.29, 1.82) is 0 Å². The van der Waals surface area contributed by atoms with Crippen LogP contribution in [0.25, 0.3) is 10.1 Å². The Labute approximate surface area is 158 Å². The summed E-state index contributed by atoms with van der Waals surface area (Å²) in [5, 5.41) is 18.2. The number of thiophene rings is 1. The molecule has 1 aromatic carbocycles. The second-order valence-electron chi connectivity index (χ2n) is 6.55. The van der Waals surface area contributed by atoms with E-state index in [0.717, 1.165) is 17.3 Å². The minimum Gasteiger partial charge on any atom is -0.386 e. The molecule has 1 aliphatic carbocycles. The van der Waals surface area contributed by atoms with Crippen LogP contribution in [0, 0.1) is 5.41 Å². The van der Waals surface area contributed by atoms with Gasteiger partial charge in [-0.15, -0.1) is 35.3 Å². The molecule has 126 valence electrons. The molecule has 1 fully saturated rings. The van der Waals surface area contributed by atoms with Gasteiger partial charge in [0.25, 0.3) is 0 Å². The molecular formula is C17H24IN3OS. The normalized spacial score (nSPS) is 20.7. The van der Waals surface area contributed by atoms with Crippen molar-refractivity contribution < 1.29 is 5.11 Å². The zero-order valence-electron chi connectivity index (χ0n) is 13.7. The van der Waals surface area contributed by atoms with E-state index in [1.807, 2.05) is 12.1 Å². The maximum atomic E-state index is 10.4. The molecule has 1 aliphatic rings. The first-order valence-corrected chi connectivity index (χ1v) is 8.45. The van der Waals surface area contributed by atoms with Crippen LogP contribution in [0.15, 0.2) is 35.3 Å². The highest BCUT2D eigenvalue weighted by atomic mass is 127. The van der Waals surface area contributed by atoms with E-state index in [1.165, 1.54) is 10.1 Å². The summed E-state index contributed by atoms with van der Waals surface area (Å²) < 4.78 is 1.21. The lowest BCUT2D eigenvalue weighted by Crippen LogP contribution is -2.41. The van der Waals surface area contributed by atoms with Gasteiger partial charge in [0.05, 0.1) is 0 Å². The predicted molar refractivity (Wildman–Crippen MR) is 109 cm³/mol. The number of nitrogens with zero attached hydrogens (tertiary/aromatic N) is 1. The predicted octanol–water partition coefficient (Wildman–Crippen LogP) is 3.52. The number of aliphatic imine (C=N–C) groups is 1. The molecule has 0 amide bonds. The van der Waals surface area contributed by atoms with E-state index in [0.29, 0.717) is 18.0 Å². The van der Waals surface area contributed by atoms with E-state index in [-0.39, 0.29) is 24.0 Å². The number of aliphatic hydroxyl groups is 1. The number of benzene rings is 1. The molecule has 3 N–H and O–H groups in total. The van der Waals surface area contributed by atoms with Gasteiger partial charge in [0.1, 0.15) is 6.10 Å².